The van der Waals surface area contributed by atoms with Crippen molar-refractivity contribution in [2.75, 3.05) is 36.9 Å². The fraction of sp³-hybridized carbons (Fsp3) is 0.425. The number of carbonyl (C=O) groups is 4. The van der Waals surface area contributed by atoms with Crippen LogP contribution >= 0.6 is 0 Å². The summed E-state index contributed by atoms with van der Waals surface area (Å²) in [5.74, 6) is -0.0953. The van der Waals surface area contributed by atoms with Crippen LogP contribution in [0.25, 0.3) is 0 Å². The van der Waals surface area contributed by atoms with Gasteiger partial charge in [-0.15, -0.1) is 0 Å². The van der Waals surface area contributed by atoms with Crippen molar-refractivity contribution in [1.82, 2.24) is 15.1 Å². The number of nitrogens with zero attached hydrogens (tertiary/aromatic N) is 3. The number of carbonyl (C=O) groups excluding carboxylic acids is 4. The van der Waals surface area contributed by atoms with Crippen molar-refractivity contribution in [1.29, 1.82) is 0 Å². The molecule has 0 aromatic heterocycles. The Morgan fingerprint density at radius 2 is 1.69 bits per heavy atom. The van der Waals surface area contributed by atoms with Gasteiger partial charge in [-0.1, -0.05) is 31.0 Å². The topological polar surface area (TPSA) is 210 Å². The number of nitrogens with two attached hydrogens (primary N) is 3. The monoisotopic (exact) mass is 737 g/mol. The maximum atomic E-state index is 13.5. The van der Waals surface area contributed by atoms with E-state index in [1.54, 1.807) is 30.3 Å². The lowest BCUT2D eigenvalue weighted by molar-refractivity contribution is -0.122. The summed E-state index contributed by atoms with van der Waals surface area (Å²) in [6, 6.07) is 18.2. The molecule has 1 fully saturated rings. The summed E-state index contributed by atoms with van der Waals surface area (Å²) >= 11 is 0. The standard InChI is InChI=1S/C40H51N9O5/c41-33(6-5-18-45-40(42)43)38(52)44-17-3-1-2-4-19-48-23-29-11-13-31(20-30(29)24-48)46-37(51)27-9-7-26(8-10-27)22-49(32-14-15-32)39(53)28-12-16-34-35(21-28)54-25-36(50)47-34/h7-13,16,20-21,32-33H,1-6,14-15,17-19,22-25,41H2,(H,44,52)(H,46,51)(H,47,50)(H4,42,43,45)/t33-/m0/s1. The molecule has 3 aromatic carbocycles. The molecule has 4 amide bonds. The van der Waals surface area contributed by atoms with Crippen LogP contribution < -0.4 is 37.9 Å². The molecule has 1 saturated carbocycles. The number of anilines is 2. The molecule has 286 valence electrons. The Balaban J connectivity index is 0.902. The highest BCUT2D eigenvalue weighted by atomic mass is 16.5. The van der Waals surface area contributed by atoms with Gasteiger partial charge in [0.25, 0.3) is 17.7 Å². The maximum Gasteiger partial charge on any atom is 0.262 e. The zero-order valence-corrected chi connectivity index (χ0v) is 30.6. The molecule has 0 spiro atoms. The van der Waals surface area contributed by atoms with Gasteiger partial charge >= 0.3 is 0 Å². The lowest BCUT2D eigenvalue weighted by atomic mass is 10.1. The Hall–Kier alpha value is -5.47. The van der Waals surface area contributed by atoms with Crippen LogP contribution in [-0.2, 0) is 29.2 Å². The molecule has 0 radical (unpaired) electrons. The number of rotatable bonds is 18. The Morgan fingerprint density at radius 1 is 0.926 bits per heavy atom. The van der Waals surface area contributed by atoms with Gasteiger partial charge in [0.1, 0.15) is 5.75 Å². The molecular formula is C40H51N9O5. The number of fused-ring (bicyclic) bond motifs is 2. The SMILES string of the molecule is NC(N)=NCCC[C@H](N)C(=O)NCCCCCCN1Cc2ccc(NC(=O)c3ccc(CN(C(=O)c4ccc5c(c4)OCC(=O)N5)C4CC4)cc3)cc2C1. The highest BCUT2D eigenvalue weighted by molar-refractivity contribution is 6.04. The van der Waals surface area contributed by atoms with Gasteiger partial charge in [-0.05, 0) is 104 Å². The van der Waals surface area contributed by atoms with Gasteiger partial charge in [0.15, 0.2) is 12.6 Å². The molecule has 3 aliphatic rings. The van der Waals surface area contributed by atoms with Crippen molar-refractivity contribution < 1.29 is 23.9 Å². The first-order valence-corrected chi connectivity index (χ1v) is 18.8. The molecular weight excluding hydrogens is 686 g/mol. The van der Waals surface area contributed by atoms with Crippen LogP contribution in [0.2, 0.25) is 0 Å². The number of nitrogens with one attached hydrogen (secondary N) is 3. The van der Waals surface area contributed by atoms with Crippen molar-refractivity contribution in [2.45, 2.75) is 83.1 Å². The molecule has 6 rings (SSSR count). The fourth-order valence-corrected chi connectivity index (χ4v) is 6.80. The largest absolute Gasteiger partial charge is 0.482 e. The van der Waals surface area contributed by atoms with E-state index in [0.29, 0.717) is 55.0 Å². The van der Waals surface area contributed by atoms with E-state index in [1.807, 2.05) is 23.1 Å². The molecule has 2 heterocycles. The molecule has 0 saturated heterocycles. The van der Waals surface area contributed by atoms with Crippen molar-refractivity contribution in [2.24, 2.45) is 22.2 Å². The smallest absolute Gasteiger partial charge is 0.262 e. The van der Waals surface area contributed by atoms with Crippen LogP contribution in [-0.4, -0.2) is 77.7 Å². The Kier molecular flexibility index (Phi) is 12.8. The van der Waals surface area contributed by atoms with Gasteiger partial charge in [-0.2, -0.15) is 0 Å². The van der Waals surface area contributed by atoms with Crippen LogP contribution in [0.3, 0.4) is 0 Å². The lowest BCUT2D eigenvalue weighted by Gasteiger charge is -2.24. The van der Waals surface area contributed by atoms with E-state index in [-0.39, 0.29) is 42.2 Å². The molecule has 1 atom stereocenters. The van der Waals surface area contributed by atoms with E-state index in [4.69, 9.17) is 21.9 Å². The fourth-order valence-electron chi connectivity index (χ4n) is 6.80. The minimum absolute atomic E-state index is 0.0434. The number of benzene rings is 3. The third kappa shape index (κ3) is 10.6. The van der Waals surface area contributed by atoms with Crippen LogP contribution in [0.4, 0.5) is 11.4 Å². The van der Waals surface area contributed by atoms with Gasteiger partial charge < -0.3 is 42.8 Å². The molecule has 9 N–H and O–H groups in total. The summed E-state index contributed by atoms with van der Waals surface area (Å²) < 4.78 is 5.52. The molecule has 14 heteroatoms. The molecule has 14 nitrogen and oxygen atoms in total. The number of ether oxygens (including phenoxy) is 1. The van der Waals surface area contributed by atoms with Crippen LogP contribution in [0.5, 0.6) is 5.75 Å². The van der Waals surface area contributed by atoms with Crippen LogP contribution in [0.15, 0.2) is 65.7 Å². The first kappa shape index (κ1) is 38.3. The van der Waals surface area contributed by atoms with E-state index in [2.05, 4.69) is 38.0 Å². The quantitative estimate of drug-likeness (QED) is 0.0641. The van der Waals surface area contributed by atoms with E-state index in [9.17, 15) is 19.2 Å². The van der Waals surface area contributed by atoms with E-state index < -0.39 is 6.04 Å². The highest BCUT2D eigenvalue weighted by Gasteiger charge is 2.33. The predicted octanol–water partition coefficient (Wildman–Crippen LogP) is 3.45. The summed E-state index contributed by atoms with van der Waals surface area (Å²) in [5.41, 5.74) is 22.4. The second-order valence-corrected chi connectivity index (χ2v) is 14.3. The third-order valence-electron chi connectivity index (χ3n) is 9.94. The normalized spacial score (nSPS) is 15.2. The number of guanidine groups is 1. The van der Waals surface area contributed by atoms with Gasteiger partial charge in [0.2, 0.25) is 5.91 Å². The Bertz CT molecular complexity index is 1860. The van der Waals surface area contributed by atoms with Gasteiger partial charge in [-0.3, -0.25) is 29.1 Å². The minimum atomic E-state index is -0.553. The Labute approximate surface area is 315 Å². The molecule has 54 heavy (non-hydrogen) atoms. The van der Waals surface area contributed by atoms with Gasteiger partial charge in [0.05, 0.1) is 11.7 Å². The summed E-state index contributed by atoms with van der Waals surface area (Å²) in [4.78, 5) is 58.7. The summed E-state index contributed by atoms with van der Waals surface area (Å²) in [6.45, 7) is 4.16. The van der Waals surface area contributed by atoms with Crippen molar-refractivity contribution in [3.8, 4) is 5.75 Å². The first-order valence-electron chi connectivity index (χ1n) is 18.8. The summed E-state index contributed by atoms with van der Waals surface area (Å²) in [7, 11) is 0. The number of hydrogen-bond donors (Lipinski definition) is 6. The van der Waals surface area contributed by atoms with Crippen LogP contribution in [0, 0.1) is 0 Å². The van der Waals surface area contributed by atoms with Crippen molar-refractivity contribution >= 4 is 41.0 Å². The zero-order chi connectivity index (χ0) is 38.0. The van der Waals surface area contributed by atoms with Crippen LogP contribution in [0.1, 0.15) is 88.8 Å². The maximum absolute atomic E-state index is 13.5. The zero-order valence-electron chi connectivity index (χ0n) is 30.6. The minimum Gasteiger partial charge on any atom is -0.482 e. The molecule has 0 bridgehead atoms. The highest BCUT2D eigenvalue weighted by Crippen LogP contribution is 2.33. The first-order chi connectivity index (χ1) is 26.1. The third-order valence-corrected chi connectivity index (χ3v) is 9.94. The second kappa shape index (κ2) is 18.0. The number of hydrogen-bond acceptors (Lipinski definition) is 8. The summed E-state index contributed by atoms with van der Waals surface area (Å²) in [5, 5.41) is 8.73. The lowest BCUT2D eigenvalue weighted by Crippen LogP contribution is -2.41. The molecule has 3 aromatic rings. The van der Waals surface area contributed by atoms with E-state index in [0.717, 1.165) is 69.4 Å². The van der Waals surface area contributed by atoms with Crippen molar-refractivity contribution in [3.63, 3.8) is 0 Å². The summed E-state index contributed by atoms with van der Waals surface area (Å²) in [6.07, 6.45) is 7.18. The van der Waals surface area contributed by atoms with Crippen molar-refractivity contribution in [3.05, 3.63) is 88.5 Å². The molecule has 1 aliphatic carbocycles. The molecule has 0 unspecified atom stereocenters. The van der Waals surface area contributed by atoms with E-state index in [1.165, 1.54) is 11.1 Å². The predicted molar refractivity (Wildman–Crippen MR) is 208 cm³/mol. The Morgan fingerprint density at radius 3 is 2.46 bits per heavy atom. The molecule has 2 aliphatic heterocycles. The van der Waals surface area contributed by atoms with Gasteiger partial charge in [0, 0.05) is 55.6 Å². The average Bonchev–Trinajstić information content (AvgIpc) is 3.93. The number of unbranched alkanes of at least 4 members (excludes halogenated alkanes) is 3. The number of aliphatic imine (C=N–C) groups is 1. The average molecular weight is 738 g/mol. The van der Waals surface area contributed by atoms with Gasteiger partial charge in [-0.25, -0.2) is 0 Å². The number of amides is 4. The second-order valence-electron chi connectivity index (χ2n) is 14.3. The van der Waals surface area contributed by atoms with E-state index >= 15 is 0 Å².